The van der Waals surface area contributed by atoms with Gasteiger partial charge in [-0.05, 0) is 36.0 Å². The molecule has 2 rings (SSSR count). The first-order valence-corrected chi connectivity index (χ1v) is 8.44. The molecule has 0 aliphatic carbocycles. The first-order valence-electron chi connectivity index (χ1n) is 7.65. The molecule has 0 saturated carbocycles. The molecule has 0 bridgehead atoms. The molecule has 2 aromatic rings. The van der Waals surface area contributed by atoms with Crippen molar-refractivity contribution < 1.29 is 0 Å². The van der Waals surface area contributed by atoms with Crippen LogP contribution in [0.1, 0.15) is 44.3 Å². The predicted octanol–water partition coefficient (Wildman–Crippen LogP) is 4.95. The molecule has 1 heterocycles. The highest BCUT2D eigenvalue weighted by Gasteiger charge is 2.18. The Morgan fingerprint density at radius 3 is 2.43 bits per heavy atom. The number of halogens is 1. The van der Waals surface area contributed by atoms with Gasteiger partial charge in [-0.2, -0.15) is 0 Å². The van der Waals surface area contributed by atoms with E-state index in [2.05, 4.69) is 77.6 Å². The molecule has 0 aliphatic rings. The molecule has 1 aromatic carbocycles. The van der Waals surface area contributed by atoms with Gasteiger partial charge in [0.15, 0.2) is 0 Å². The van der Waals surface area contributed by atoms with Crippen molar-refractivity contribution in [3.8, 4) is 0 Å². The first-order chi connectivity index (χ1) is 9.91. The number of rotatable bonds is 6. The van der Waals surface area contributed by atoms with E-state index in [1.807, 2.05) is 6.20 Å². The standard InChI is InChI=1S/C18H25BrN2/c1-5-18(2,3)12-16-13-20-17(21(16)4)11-8-14-6-9-15(19)10-7-14/h6-7,9-10,13H,5,8,11-12H2,1-4H3. The molecule has 0 N–H and O–H groups in total. The van der Waals surface area contributed by atoms with Crippen LogP contribution in [0.4, 0.5) is 0 Å². The second-order valence-electron chi connectivity index (χ2n) is 6.55. The van der Waals surface area contributed by atoms with Crippen LogP contribution in [0.5, 0.6) is 0 Å². The first kappa shape index (κ1) is 16.3. The van der Waals surface area contributed by atoms with E-state index < -0.39 is 0 Å². The topological polar surface area (TPSA) is 17.8 Å². The van der Waals surface area contributed by atoms with Gasteiger partial charge < -0.3 is 4.57 Å². The van der Waals surface area contributed by atoms with Crippen molar-refractivity contribution in [2.24, 2.45) is 12.5 Å². The number of hydrogen-bond acceptors (Lipinski definition) is 1. The fraction of sp³-hybridized carbons (Fsp3) is 0.500. The predicted molar refractivity (Wildman–Crippen MR) is 92.5 cm³/mol. The highest BCUT2D eigenvalue weighted by atomic mass is 79.9. The van der Waals surface area contributed by atoms with Gasteiger partial charge in [0.05, 0.1) is 0 Å². The Morgan fingerprint density at radius 1 is 1.14 bits per heavy atom. The monoisotopic (exact) mass is 348 g/mol. The van der Waals surface area contributed by atoms with Crippen molar-refractivity contribution in [2.45, 2.75) is 46.5 Å². The lowest BCUT2D eigenvalue weighted by atomic mass is 9.85. The van der Waals surface area contributed by atoms with Crippen molar-refractivity contribution in [3.05, 3.63) is 52.0 Å². The summed E-state index contributed by atoms with van der Waals surface area (Å²) in [5.41, 5.74) is 3.04. The third-order valence-corrected chi connectivity index (χ3v) is 4.88. The molecule has 0 saturated heterocycles. The second-order valence-corrected chi connectivity index (χ2v) is 7.46. The molecule has 21 heavy (non-hydrogen) atoms. The van der Waals surface area contributed by atoms with E-state index in [0.29, 0.717) is 5.41 Å². The van der Waals surface area contributed by atoms with Gasteiger partial charge in [-0.3, -0.25) is 0 Å². The van der Waals surface area contributed by atoms with E-state index in [1.165, 1.54) is 23.5 Å². The van der Waals surface area contributed by atoms with Crippen molar-refractivity contribution in [2.75, 3.05) is 0 Å². The quantitative estimate of drug-likeness (QED) is 0.722. The van der Waals surface area contributed by atoms with Gasteiger partial charge in [-0.1, -0.05) is 55.3 Å². The Balaban J connectivity index is 2.01. The minimum absolute atomic E-state index is 0.344. The number of aryl methyl sites for hydroxylation is 2. The molecular formula is C18H25BrN2. The molecule has 2 nitrogen and oxygen atoms in total. The Kier molecular flexibility index (Phi) is 5.26. The fourth-order valence-corrected chi connectivity index (χ4v) is 2.67. The number of nitrogens with zero attached hydrogens (tertiary/aromatic N) is 2. The summed E-state index contributed by atoms with van der Waals surface area (Å²) in [6, 6.07) is 8.55. The van der Waals surface area contributed by atoms with Gasteiger partial charge in [0.1, 0.15) is 5.82 Å². The van der Waals surface area contributed by atoms with Gasteiger partial charge >= 0.3 is 0 Å². The molecule has 0 radical (unpaired) electrons. The third-order valence-electron chi connectivity index (χ3n) is 4.35. The molecule has 0 fully saturated rings. The van der Waals surface area contributed by atoms with Crippen molar-refractivity contribution in [3.63, 3.8) is 0 Å². The summed E-state index contributed by atoms with van der Waals surface area (Å²) >= 11 is 3.47. The number of aromatic nitrogens is 2. The maximum absolute atomic E-state index is 4.62. The maximum Gasteiger partial charge on any atom is 0.108 e. The SMILES string of the molecule is CCC(C)(C)Cc1cnc(CCc2ccc(Br)cc2)n1C. The van der Waals surface area contributed by atoms with E-state index in [1.54, 1.807) is 0 Å². The van der Waals surface area contributed by atoms with Gasteiger partial charge in [0.2, 0.25) is 0 Å². The largest absolute Gasteiger partial charge is 0.335 e. The Labute approximate surface area is 136 Å². The maximum atomic E-state index is 4.62. The summed E-state index contributed by atoms with van der Waals surface area (Å²) in [5, 5.41) is 0. The molecular weight excluding hydrogens is 324 g/mol. The zero-order valence-corrected chi connectivity index (χ0v) is 15.1. The summed E-state index contributed by atoms with van der Waals surface area (Å²) in [7, 11) is 2.14. The number of hydrogen-bond donors (Lipinski definition) is 0. The Bertz CT molecular complexity index is 582. The van der Waals surface area contributed by atoms with E-state index in [9.17, 15) is 0 Å². The van der Waals surface area contributed by atoms with Crippen molar-refractivity contribution in [1.82, 2.24) is 9.55 Å². The van der Waals surface area contributed by atoms with Crippen LogP contribution >= 0.6 is 15.9 Å². The summed E-state index contributed by atoms with van der Waals surface area (Å²) in [4.78, 5) is 4.62. The van der Waals surface area contributed by atoms with Gasteiger partial charge in [0.25, 0.3) is 0 Å². The smallest absolute Gasteiger partial charge is 0.108 e. The number of benzene rings is 1. The van der Waals surface area contributed by atoms with E-state index in [4.69, 9.17) is 0 Å². The van der Waals surface area contributed by atoms with Gasteiger partial charge in [0, 0.05) is 29.8 Å². The zero-order chi connectivity index (χ0) is 15.5. The molecule has 0 amide bonds. The van der Waals surface area contributed by atoms with Crippen LogP contribution in [0.25, 0.3) is 0 Å². The minimum Gasteiger partial charge on any atom is -0.335 e. The molecule has 0 atom stereocenters. The van der Waals surface area contributed by atoms with Crippen LogP contribution < -0.4 is 0 Å². The second kappa shape index (κ2) is 6.78. The molecule has 3 heteroatoms. The Hall–Kier alpha value is -1.09. The van der Waals surface area contributed by atoms with Gasteiger partial charge in [-0.25, -0.2) is 4.98 Å². The van der Waals surface area contributed by atoms with Crippen LogP contribution in [0.3, 0.4) is 0 Å². The average Bonchev–Trinajstić information content (AvgIpc) is 2.79. The summed E-state index contributed by atoms with van der Waals surface area (Å²) < 4.78 is 3.41. The van der Waals surface area contributed by atoms with Crippen LogP contribution in [0.15, 0.2) is 34.9 Å². The van der Waals surface area contributed by atoms with Crippen LogP contribution in [-0.2, 0) is 26.3 Å². The third kappa shape index (κ3) is 4.44. The lowest BCUT2D eigenvalue weighted by Crippen LogP contribution is -2.16. The summed E-state index contributed by atoms with van der Waals surface area (Å²) in [6.45, 7) is 6.90. The van der Waals surface area contributed by atoms with Crippen molar-refractivity contribution >= 4 is 15.9 Å². The molecule has 0 unspecified atom stereocenters. The van der Waals surface area contributed by atoms with Gasteiger partial charge in [-0.15, -0.1) is 0 Å². The molecule has 114 valence electrons. The van der Waals surface area contributed by atoms with Crippen LogP contribution in [0.2, 0.25) is 0 Å². The zero-order valence-electron chi connectivity index (χ0n) is 13.5. The lowest BCUT2D eigenvalue weighted by Gasteiger charge is -2.22. The van der Waals surface area contributed by atoms with E-state index >= 15 is 0 Å². The summed E-state index contributed by atoms with van der Waals surface area (Å²) in [5.74, 6) is 1.18. The lowest BCUT2D eigenvalue weighted by molar-refractivity contribution is 0.341. The van der Waals surface area contributed by atoms with Crippen LogP contribution in [0, 0.1) is 5.41 Å². The fourth-order valence-electron chi connectivity index (χ4n) is 2.41. The Morgan fingerprint density at radius 2 is 1.81 bits per heavy atom. The van der Waals surface area contributed by atoms with E-state index in [0.717, 1.165) is 23.7 Å². The number of imidazole rings is 1. The van der Waals surface area contributed by atoms with Crippen molar-refractivity contribution in [1.29, 1.82) is 0 Å². The minimum atomic E-state index is 0.344. The molecule has 0 aliphatic heterocycles. The van der Waals surface area contributed by atoms with E-state index in [-0.39, 0.29) is 0 Å². The summed E-state index contributed by atoms with van der Waals surface area (Å²) in [6.07, 6.45) is 6.35. The highest BCUT2D eigenvalue weighted by molar-refractivity contribution is 9.10. The molecule has 0 spiro atoms. The normalized spacial score (nSPS) is 11.9. The average molecular weight is 349 g/mol. The molecule has 1 aromatic heterocycles. The van der Waals surface area contributed by atoms with Crippen LogP contribution in [-0.4, -0.2) is 9.55 Å². The highest BCUT2D eigenvalue weighted by Crippen LogP contribution is 2.25.